The number of aromatic nitrogens is 2. The van der Waals surface area contributed by atoms with Crippen molar-refractivity contribution in [2.24, 2.45) is 13.0 Å². The van der Waals surface area contributed by atoms with E-state index in [1.54, 1.807) is 51.2 Å². The zero-order chi connectivity index (χ0) is 34.3. The Balaban J connectivity index is 1.57. The first-order valence-electron chi connectivity index (χ1n) is 14.7. The summed E-state index contributed by atoms with van der Waals surface area (Å²) < 4.78 is 4.55. The third-order valence-electron chi connectivity index (χ3n) is 7.23. The van der Waals surface area contributed by atoms with E-state index in [1.165, 1.54) is 23.4 Å². The lowest BCUT2D eigenvalue weighted by Gasteiger charge is -2.34. The van der Waals surface area contributed by atoms with Gasteiger partial charge in [-0.05, 0) is 50.3 Å². The minimum absolute atomic E-state index is 0.0423. The highest BCUT2D eigenvalue weighted by atomic mass is 35.6. The molecule has 2 heterocycles. The lowest BCUT2D eigenvalue weighted by Crippen LogP contribution is -2.61. The molecule has 1 aromatic heterocycles. The molecule has 0 bridgehead atoms. The van der Waals surface area contributed by atoms with E-state index in [-0.39, 0.29) is 23.7 Å². The standard InChI is InChI=1S/C30H39Cl3N6O7/c1-16(2)24(26(42)34-17(3)27(43)39-13-7-9-21(37-39)29(45)46-15-30(31,32)33)36-23(41)10-6-8-19-11-12-20-22(14-19)35-25(18(4)40)38(5)28(20)44/h6,8,11-12,14,16-18,21,24,37,40H,7,9-10,13,15H2,1-5H3,(H,34,42)(H,36,41)/b8-6+/t17-,18+,21-,24-/m0/s1. The molecule has 1 aromatic carbocycles. The summed E-state index contributed by atoms with van der Waals surface area (Å²) in [5, 5.41) is 17.0. The second-order valence-corrected chi connectivity index (χ2v) is 14.0. The molecule has 4 atom stereocenters. The molecular formula is C30H39Cl3N6O7. The summed E-state index contributed by atoms with van der Waals surface area (Å²) in [5.41, 5.74) is 3.64. The van der Waals surface area contributed by atoms with Crippen molar-refractivity contribution >= 4 is 75.5 Å². The van der Waals surface area contributed by atoms with Gasteiger partial charge in [0.2, 0.25) is 15.6 Å². The molecule has 2 aromatic rings. The molecule has 0 spiro atoms. The van der Waals surface area contributed by atoms with E-state index >= 15 is 0 Å². The third kappa shape index (κ3) is 10.1. The van der Waals surface area contributed by atoms with Crippen molar-refractivity contribution in [2.75, 3.05) is 13.2 Å². The first kappa shape index (κ1) is 37.2. The molecule has 4 N–H and O–H groups in total. The number of hydrazine groups is 1. The van der Waals surface area contributed by atoms with E-state index < -0.39 is 58.3 Å². The van der Waals surface area contributed by atoms with E-state index in [0.717, 1.165) is 0 Å². The van der Waals surface area contributed by atoms with Crippen LogP contribution in [0.15, 0.2) is 29.1 Å². The molecule has 1 saturated heterocycles. The number of amides is 3. The van der Waals surface area contributed by atoms with Gasteiger partial charge >= 0.3 is 5.97 Å². The number of aliphatic hydroxyl groups is 1. The molecule has 3 rings (SSSR count). The average Bonchev–Trinajstić information content (AvgIpc) is 2.99. The minimum Gasteiger partial charge on any atom is -0.460 e. The maximum atomic E-state index is 13.1. The van der Waals surface area contributed by atoms with Crippen LogP contribution in [0.3, 0.4) is 0 Å². The van der Waals surface area contributed by atoms with Gasteiger partial charge in [0.05, 0.1) is 10.9 Å². The monoisotopic (exact) mass is 700 g/mol. The van der Waals surface area contributed by atoms with Crippen LogP contribution in [0.4, 0.5) is 0 Å². The highest BCUT2D eigenvalue weighted by molar-refractivity contribution is 6.67. The van der Waals surface area contributed by atoms with Crippen molar-refractivity contribution < 1.29 is 29.0 Å². The molecule has 3 amide bonds. The second kappa shape index (κ2) is 16.1. The number of nitrogens with one attached hydrogen (secondary N) is 3. The van der Waals surface area contributed by atoms with Gasteiger partial charge in [-0.1, -0.05) is 66.9 Å². The van der Waals surface area contributed by atoms with Gasteiger partial charge in [-0.2, -0.15) is 0 Å². The van der Waals surface area contributed by atoms with Crippen LogP contribution in [0.2, 0.25) is 0 Å². The number of rotatable bonds is 11. The summed E-state index contributed by atoms with van der Waals surface area (Å²) in [6.45, 7) is 6.42. The van der Waals surface area contributed by atoms with Crippen LogP contribution in [0.1, 0.15) is 64.4 Å². The quantitative estimate of drug-likeness (QED) is 0.203. The molecule has 0 saturated carbocycles. The highest BCUT2D eigenvalue weighted by Gasteiger charge is 2.34. The summed E-state index contributed by atoms with van der Waals surface area (Å²) in [6.07, 6.45) is 3.24. The predicted molar refractivity (Wildman–Crippen MR) is 175 cm³/mol. The molecule has 252 valence electrons. The largest absolute Gasteiger partial charge is 0.460 e. The fourth-order valence-corrected chi connectivity index (χ4v) is 4.98. The van der Waals surface area contributed by atoms with E-state index in [2.05, 4.69) is 21.0 Å². The molecule has 1 fully saturated rings. The number of fused-ring (bicyclic) bond motifs is 1. The SMILES string of the molecule is CC(C)[C@H](NC(=O)C/C=C/c1ccc2c(=O)n(C)c([C@@H](C)O)nc2c1)C(=O)N[C@@H](C)C(=O)N1CCC[C@@H](C(=O)OCC(Cl)(Cl)Cl)N1. The summed E-state index contributed by atoms with van der Waals surface area (Å²) in [6, 6.07) is 2.32. The Labute approximate surface area is 281 Å². The summed E-state index contributed by atoms with van der Waals surface area (Å²) in [5.74, 6) is -2.17. The van der Waals surface area contributed by atoms with Crippen LogP contribution >= 0.6 is 34.8 Å². The van der Waals surface area contributed by atoms with Gasteiger partial charge in [0.25, 0.3) is 11.5 Å². The van der Waals surface area contributed by atoms with Gasteiger partial charge in [-0.25, -0.2) is 10.4 Å². The molecular weight excluding hydrogens is 663 g/mol. The van der Waals surface area contributed by atoms with E-state index in [4.69, 9.17) is 39.5 Å². The number of benzene rings is 1. The number of hydrogen-bond donors (Lipinski definition) is 4. The Kier molecular flexibility index (Phi) is 13.0. The van der Waals surface area contributed by atoms with Crippen molar-refractivity contribution in [3.8, 4) is 0 Å². The lowest BCUT2D eigenvalue weighted by atomic mass is 10.0. The van der Waals surface area contributed by atoms with Crippen LogP contribution < -0.4 is 21.6 Å². The normalized spacial score (nSPS) is 17.5. The molecule has 0 radical (unpaired) electrons. The summed E-state index contributed by atoms with van der Waals surface area (Å²) in [4.78, 5) is 68.3. The Hall–Kier alpha value is -3.23. The molecule has 1 aliphatic rings. The number of carbonyl (C=O) groups is 4. The Morgan fingerprint density at radius 3 is 2.50 bits per heavy atom. The first-order chi connectivity index (χ1) is 21.5. The van der Waals surface area contributed by atoms with Crippen molar-refractivity contribution in [1.82, 2.24) is 30.6 Å². The molecule has 46 heavy (non-hydrogen) atoms. The maximum Gasteiger partial charge on any atom is 0.325 e. The number of ether oxygens (including phenoxy) is 1. The van der Waals surface area contributed by atoms with Gasteiger partial charge in [0.15, 0.2) is 0 Å². The van der Waals surface area contributed by atoms with Crippen LogP contribution in [0.5, 0.6) is 0 Å². The Morgan fingerprint density at radius 1 is 1.17 bits per heavy atom. The van der Waals surface area contributed by atoms with Crippen molar-refractivity contribution in [2.45, 2.75) is 75.0 Å². The zero-order valence-electron chi connectivity index (χ0n) is 26.2. The number of aliphatic hydroxyl groups excluding tert-OH is 1. The van der Waals surface area contributed by atoms with Gasteiger partial charge in [0, 0.05) is 20.0 Å². The first-order valence-corrected chi connectivity index (χ1v) is 15.9. The molecule has 13 nitrogen and oxygen atoms in total. The Morgan fingerprint density at radius 2 is 1.87 bits per heavy atom. The predicted octanol–water partition coefficient (Wildman–Crippen LogP) is 2.44. The second-order valence-electron chi connectivity index (χ2n) is 11.4. The lowest BCUT2D eigenvalue weighted by molar-refractivity contribution is -0.152. The van der Waals surface area contributed by atoms with Crippen LogP contribution in [-0.4, -0.2) is 78.4 Å². The third-order valence-corrected chi connectivity index (χ3v) is 7.56. The van der Waals surface area contributed by atoms with Gasteiger partial charge in [-0.3, -0.25) is 33.5 Å². The maximum absolute atomic E-state index is 13.1. The van der Waals surface area contributed by atoms with Crippen molar-refractivity contribution in [1.29, 1.82) is 0 Å². The average molecular weight is 702 g/mol. The molecule has 0 aliphatic carbocycles. The van der Waals surface area contributed by atoms with E-state index in [1.807, 2.05) is 0 Å². The van der Waals surface area contributed by atoms with Crippen LogP contribution in [0, 0.1) is 5.92 Å². The number of esters is 1. The highest BCUT2D eigenvalue weighted by Crippen LogP contribution is 2.26. The minimum atomic E-state index is -1.76. The fourth-order valence-electron chi connectivity index (χ4n) is 4.82. The van der Waals surface area contributed by atoms with Gasteiger partial charge in [0.1, 0.15) is 36.7 Å². The van der Waals surface area contributed by atoms with E-state index in [9.17, 15) is 29.1 Å². The number of carbonyl (C=O) groups excluding carboxylic acids is 4. The Bertz CT molecular complexity index is 1540. The fraction of sp³-hybridized carbons (Fsp3) is 0.533. The number of halogens is 3. The number of alkyl halides is 3. The number of hydrogen-bond acceptors (Lipinski definition) is 9. The summed E-state index contributed by atoms with van der Waals surface area (Å²) >= 11 is 16.9. The van der Waals surface area contributed by atoms with Crippen LogP contribution in [0.25, 0.3) is 17.0 Å². The van der Waals surface area contributed by atoms with Crippen molar-refractivity contribution in [3.63, 3.8) is 0 Å². The van der Waals surface area contributed by atoms with Crippen molar-refractivity contribution in [3.05, 3.63) is 46.0 Å². The summed E-state index contributed by atoms with van der Waals surface area (Å²) in [7, 11) is 1.55. The van der Waals surface area contributed by atoms with Crippen LogP contribution in [-0.2, 0) is 31.0 Å². The molecule has 1 aliphatic heterocycles. The van der Waals surface area contributed by atoms with Gasteiger partial charge < -0.3 is 20.5 Å². The molecule has 0 unspecified atom stereocenters. The topological polar surface area (TPSA) is 172 Å². The van der Waals surface area contributed by atoms with Gasteiger partial charge in [-0.15, -0.1) is 0 Å². The smallest absolute Gasteiger partial charge is 0.325 e. The van der Waals surface area contributed by atoms with E-state index in [0.29, 0.717) is 35.9 Å². The number of nitrogens with zero attached hydrogens (tertiary/aromatic N) is 3. The molecule has 16 heteroatoms. The zero-order valence-corrected chi connectivity index (χ0v) is 28.4.